The molecule has 0 saturated heterocycles. The van der Waals surface area contributed by atoms with Crippen molar-refractivity contribution in [2.45, 2.75) is 64.0 Å². The lowest BCUT2D eigenvalue weighted by molar-refractivity contribution is -0.121. The Morgan fingerprint density at radius 3 is 2.85 bits per heavy atom. The average molecular weight is 499 g/mol. The quantitative estimate of drug-likeness (QED) is 0.515. The number of fused-ring (bicyclic) bond motifs is 1. The first kappa shape index (κ1) is 24.3. The lowest BCUT2D eigenvalue weighted by Crippen LogP contribution is -2.39. The van der Waals surface area contributed by atoms with Gasteiger partial charge in [0, 0.05) is 30.2 Å². The zero-order valence-corrected chi connectivity index (χ0v) is 20.0. The number of pyridine rings is 1. The maximum absolute atomic E-state index is 12.3. The number of rotatable bonds is 9. The lowest BCUT2D eigenvalue weighted by Gasteiger charge is -2.32. The molecule has 0 spiro atoms. The van der Waals surface area contributed by atoms with Gasteiger partial charge in [0.05, 0.1) is 12.1 Å². The molecule has 0 radical (unpaired) electrons. The molecule has 4 rings (SSSR count). The summed E-state index contributed by atoms with van der Waals surface area (Å²) < 4.78 is 29.8. The van der Waals surface area contributed by atoms with Crippen molar-refractivity contribution in [2.24, 2.45) is 5.92 Å². The molecular weight excluding hydrogens is 470 g/mol. The predicted molar refractivity (Wildman–Crippen MR) is 124 cm³/mol. The molecule has 33 heavy (non-hydrogen) atoms. The largest absolute Gasteiger partial charge is 0.464 e. The first-order chi connectivity index (χ1) is 15.9. The van der Waals surface area contributed by atoms with Crippen LogP contribution in [-0.2, 0) is 24.2 Å². The van der Waals surface area contributed by atoms with E-state index in [1.807, 2.05) is 6.07 Å². The zero-order chi connectivity index (χ0) is 23.2. The normalized spacial score (nSPS) is 21.1. The van der Waals surface area contributed by atoms with Gasteiger partial charge >= 0.3 is 0 Å². The molecule has 0 bridgehead atoms. The number of nitrogens with zero attached hydrogens (tertiary/aromatic N) is 3. The number of halogens is 3. The van der Waals surface area contributed by atoms with Crippen molar-refractivity contribution < 1.29 is 18.3 Å². The Balaban J connectivity index is 1.14. The minimum Gasteiger partial charge on any atom is -0.464 e. The maximum atomic E-state index is 12.3. The van der Waals surface area contributed by atoms with E-state index in [0.29, 0.717) is 22.7 Å². The van der Waals surface area contributed by atoms with Crippen LogP contribution in [0.2, 0.25) is 5.15 Å². The summed E-state index contributed by atoms with van der Waals surface area (Å²) in [6.07, 6.45) is 5.78. The molecule has 3 heterocycles. The van der Waals surface area contributed by atoms with Gasteiger partial charge in [-0.1, -0.05) is 29.0 Å². The molecule has 1 amide bonds. The number of carbonyl (C=O) groups is 1. The Hall–Kier alpha value is -1.84. The Bertz CT molecular complexity index is 920. The molecule has 2 aromatic rings. The number of amides is 1. The highest BCUT2D eigenvalue weighted by atomic mass is 35.5. The van der Waals surface area contributed by atoms with Crippen molar-refractivity contribution in [1.29, 1.82) is 0 Å². The second-order valence-electron chi connectivity index (χ2n) is 8.82. The van der Waals surface area contributed by atoms with E-state index in [-0.39, 0.29) is 11.9 Å². The first-order valence-corrected chi connectivity index (χ1v) is 12.7. The summed E-state index contributed by atoms with van der Waals surface area (Å²) >= 11 is 7.19. The van der Waals surface area contributed by atoms with E-state index in [1.165, 1.54) is 11.3 Å². The fourth-order valence-corrected chi connectivity index (χ4v) is 5.58. The zero-order valence-electron chi connectivity index (χ0n) is 18.4. The summed E-state index contributed by atoms with van der Waals surface area (Å²) in [4.78, 5) is 24.3. The van der Waals surface area contributed by atoms with Crippen LogP contribution in [-0.4, -0.2) is 52.9 Å². The van der Waals surface area contributed by atoms with E-state index in [0.717, 1.165) is 74.3 Å². The summed E-state index contributed by atoms with van der Waals surface area (Å²) in [7, 11) is 0. The van der Waals surface area contributed by atoms with E-state index in [4.69, 9.17) is 16.3 Å². The van der Waals surface area contributed by atoms with E-state index in [2.05, 4.69) is 20.2 Å². The van der Waals surface area contributed by atoms with Crippen molar-refractivity contribution in [3.8, 4) is 5.19 Å². The molecule has 10 heteroatoms. The number of nitrogens with one attached hydrogen (secondary N) is 1. The molecule has 180 valence electrons. The summed E-state index contributed by atoms with van der Waals surface area (Å²) in [6.45, 7) is 2.14. The van der Waals surface area contributed by atoms with Gasteiger partial charge < -0.3 is 10.1 Å². The molecule has 2 aromatic heterocycles. The Morgan fingerprint density at radius 2 is 2.12 bits per heavy atom. The van der Waals surface area contributed by atoms with Crippen LogP contribution >= 0.6 is 22.9 Å². The molecular formula is C23H29ClF2N4O2S. The highest BCUT2D eigenvalue weighted by Gasteiger charge is 2.25. The Morgan fingerprint density at radius 1 is 1.30 bits per heavy atom. The summed E-state index contributed by atoms with van der Waals surface area (Å²) in [6, 6.07) is 3.78. The van der Waals surface area contributed by atoms with Gasteiger partial charge in [-0.25, -0.2) is 18.7 Å². The molecule has 0 aromatic carbocycles. The Labute approximate surface area is 201 Å². The average Bonchev–Trinajstić information content (AvgIpc) is 3.21. The maximum Gasteiger partial charge on any atom is 0.273 e. The van der Waals surface area contributed by atoms with Crippen LogP contribution < -0.4 is 10.1 Å². The summed E-state index contributed by atoms with van der Waals surface area (Å²) in [5, 5.41) is 3.95. The SMILES string of the molecule is O=C(Cc1ccc(Cl)nc1)NC1CCC(CCN2CCc3sc(OCC(F)F)nc3C2)CC1. The van der Waals surface area contributed by atoms with Crippen molar-refractivity contribution in [3.05, 3.63) is 39.6 Å². The topological polar surface area (TPSA) is 67.4 Å². The highest BCUT2D eigenvalue weighted by molar-refractivity contribution is 7.13. The van der Waals surface area contributed by atoms with E-state index in [9.17, 15) is 13.6 Å². The van der Waals surface area contributed by atoms with Gasteiger partial charge in [-0.05, 0) is 62.6 Å². The number of thiazole rings is 1. The first-order valence-electron chi connectivity index (χ1n) is 11.5. The van der Waals surface area contributed by atoms with Gasteiger partial charge in [-0.3, -0.25) is 9.69 Å². The van der Waals surface area contributed by atoms with Gasteiger partial charge in [-0.15, -0.1) is 0 Å². The number of hydrogen-bond donors (Lipinski definition) is 1. The molecule has 0 unspecified atom stereocenters. The Kier molecular flexibility index (Phi) is 8.49. The van der Waals surface area contributed by atoms with Crippen LogP contribution in [0.4, 0.5) is 8.78 Å². The van der Waals surface area contributed by atoms with Gasteiger partial charge in [0.2, 0.25) is 5.91 Å². The predicted octanol–water partition coefficient (Wildman–Crippen LogP) is 4.50. The third kappa shape index (κ3) is 7.32. The summed E-state index contributed by atoms with van der Waals surface area (Å²) in [5.41, 5.74) is 1.83. The van der Waals surface area contributed by atoms with Crippen LogP contribution in [0.25, 0.3) is 0 Å². The van der Waals surface area contributed by atoms with Gasteiger partial charge in [0.15, 0.2) is 6.61 Å². The fraction of sp³-hybridized carbons (Fsp3) is 0.609. The van der Waals surface area contributed by atoms with E-state index < -0.39 is 13.0 Å². The summed E-state index contributed by atoms with van der Waals surface area (Å²) in [5.74, 6) is 0.701. The standard InChI is InChI=1S/C23H29ClF2N4O2S/c24-20-6-3-16(12-27-20)11-22(31)28-17-4-1-15(2-5-17)7-9-30-10-8-19-18(13-30)29-23(33-19)32-14-21(25)26/h3,6,12,15,17,21H,1-2,4-5,7-11,13-14H2,(H,28,31). The van der Waals surface area contributed by atoms with E-state index in [1.54, 1.807) is 12.3 Å². The monoisotopic (exact) mass is 498 g/mol. The number of hydrogen-bond acceptors (Lipinski definition) is 6. The molecule has 1 fully saturated rings. The number of alkyl halides is 2. The third-order valence-corrected chi connectivity index (χ3v) is 7.63. The fourth-order valence-electron chi connectivity index (χ4n) is 4.55. The van der Waals surface area contributed by atoms with Crippen molar-refractivity contribution in [2.75, 3.05) is 19.7 Å². The lowest BCUT2D eigenvalue weighted by atomic mass is 9.84. The smallest absolute Gasteiger partial charge is 0.273 e. The van der Waals surface area contributed by atoms with Gasteiger partial charge in [0.25, 0.3) is 11.6 Å². The number of ether oxygens (including phenoxy) is 1. The van der Waals surface area contributed by atoms with Gasteiger partial charge in [0.1, 0.15) is 5.15 Å². The molecule has 1 N–H and O–H groups in total. The molecule has 1 aliphatic carbocycles. The van der Waals surface area contributed by atoms with Crippen LogP contribution in [0.3, 0.4) is 0 Å². The van der Waals surface area contributed by atoms with Gasteiger partial charge in [-0.2, -0.15) is 0 Å². The number of carbonyl (C=O) groups excluding carboxylic acids is 1. The van der Waals surface area contributed by atoms with Crippen molar-refractivity contribution >= 4 is 28.8 Å². The molecule has 1 saturated carbocycles. The number of aromatic nitrogens is 2. The van der Waals surface area contributed by atoms with Crippen LogP contribution in [0.5, 0.6) is 5.19 Å². The second kappa shape index (κ2) is 11.5. The minimum atomic E-state index is -2.48. The van der Waals surface area contributed by atoms with Crippen LogP contribution in [0, 0.1) is 5.92 Å². The van der Waals surface area contributed by atoms with Crippen molar-refractivity contribution in [3.63, 3.8) is 0 Å². The molecule has 1 aliphatic heterocycles. The van der Waals surface area contributed by atoms with Crippen LogP contribution in [0.15, 0.2) is 18.3 Å². The van der Waals surface area contributed by atoms with Crippen molar-refractivity contribution in [1.82, 2.24) is 20.2 Å². The van der Waals surface area contributed by atoms with E-state index >= 15 is 0 Å². The van der Waals surface area contributed by atoms with Crippen LogP contribution in [0.1, 0.15) is 48.2 Å². The molecule has 2 aliphatic rings. The molecule has 6 nitrogen and oxygen atoms in total. The molecule has 0 atom stereocenters. The second-order valence-corrected chi connectivity index (χ2v) is 10.3. The minimum absolute atomic E-state index is 0.0341. The third-order valence-electron chi connectivity index (χ3n) is 6.34. The highest BCUT2D eigenvalue weighted by Crippen LogP contribution is 2.31.